The fourth-order valence-corrected chi connectivity index (χ4v) is 9.09. The van der Waals surface area contributed by atoms with Crippen molar-refractivity contribution in [2.45, 2.75) is 127 Å². The van der Waals surface area contributed by atoms with Crippen molar-refractivity contribution in [1.29, 1.82) is 0 Å². The number of aliphatic carboxylic acids is 2. The van der Waals surface area contributed by atoms with E-state index in [4.69, 9.17) is 0 Å². The molecule has 2 fully saturated rings. The lowest BCUT2D eigenvalue weighted by atomic mass is 9.85. The van der Waals surface area contributed by atoms with Gasteiger partial charge in [0.25, 0.3) is 0 Å². The van der Waals surface area contributed by atoms with Gasteiger partial charge in [0.1, 0.15) is 0 Å². The lowest BCUT2D eigenvalue weighted by Gasteiger charge is -2.22. The Balaban J connectivity index is 1.49. The molecule has 0 radical (unpaired) electrons. The van der Waals surface area contributed by atoms with E-state index in [-0.39, 0.29) is 11.8 Å². The molecule has 2 N–H and O–H groups in total. The molecule has 36 heavy (non-hydrogen) atoms. The number of carboxylic acids is 2. The van der Waals surface area contributed by atoms with Gasteiger partial charge >= 0.3 is 11.9 Å². The van der Waals surface area contributed by atoms with E-state index in [2.05, 4.69) is 12.1 Å². The number of fused-ring (bicyclic) bond motifs is 1. The highest BCUT2D eigenvalue weighted by Gasteiger charge is 2.27. The number of hydrogen-bond acceptors (Lipinski definition) is 4. The van der Waals surface area contributed by atoms with Gasteiger partial charge < -0.3 is 10.2 Å². The van der Waals surface area contributed by atoms with Crippen LogP contribution in [-0.4, -0.2) is 22.2 Å². The van der Waals surface area contributed by atoms with Gasteiger partial charge in [-0.1, -0.05) is 70.6 Å². The van der Waals surface area contributed by atoms with E-state index in [0.717, 1.165) is 57.8 Å². The Labute approximate surface area is 224 Å². The number of carboxylic acid groups (broad SMARTS) is 2. The van der Waals surface area contributed by atoms with Crippen LogP contribution in [0.4, 0.5) is 0 Å². The van der Waals surface area contributed by atoms with Crippen molar-refractivity contribution >= 4 is 44.0 Å². The monoisotopic (exact) mass is 532 g/mol. The van der Waals surface area contributed by atoms with Gasteiger partial charge in [-0.15, -0.1) is 22.7 Å². The standard InChI is InChI=1S/C30H44O4S2/c31-29(32)22-13-9-5-2-1-4-8-12-21(16-17-22)25-19-27-28(35-25)20-26(36-27)23-14-10-6-3-7-11-15-24(18-23)30(33)34/h19-24H,1-18H2,(H,31,32)(H,33,34). The maximum atomic E-state index is 11.9. The van der Waals surface area contributed by atoms with E-state index in [9.17, 15) is 19.8 Å². The highest BCUT2D eigenvalue weighted by molar-refractivity contribution is 7.27. The minimum Gasteiger partial charge on any atom is -0.481 e. The van der Waals surface area contributed by atoms with Gasteiger partial charge in [-0.3, -0.25) is 9.59 Å². The van der Waals surface area contributed by atoms with Gasteiger partial charge in [-0.25, -0.2) is 0 Å². The molecule has 2 saturated carbocycles. The third kappa shape index (κ3) is 7.80. The van der Waals surface area contributed by atoms with Gasteiger partial charge in [0.05, 0.1) is 11.8 Å². The Bertz CT molecular complexity index is 945. The van der Waals surface area contributed by atoms with E-state index in [1.54, 1.807) is 0 Å². The number of rotatable bonds is 4. The predicted molar refractivity (Wildman–Crippen MR) is 151 cm³/mol. The first-order valence-electron chi connectivity index (χ1n) is 14.5. The highest BCUT2D eigenvalue weighted by Crippen LogP contribution is 2.44. The van der Waals surface area contributed by atoms with Crippen LogP contribution in [-0.2, 0) is 9.59 Å². The molecule has 6 heteroatoms. The van der Waals surface area contributed by atoms with Gasteiger partial charge in [-0.2, -0.15) is 0 Å². The lowest BCUT2D eigenvalue weighted by Crippen LogP contribution is -2.17. The summed E-state index contributed by atoms with van der Waals surface area (Å²) in [5.74, 6) is -0.841. The van der Waals surface area contributed by atoms with Gasteiger partial charge in [0.2, 0.25) is 0 Å². The van der Waals surface area contributed by atoms with Crippen molar-refractivity contribution in [2.75, 3.05) is 0 Å². The third-order valence-electron chi connectivity index (χ3n) is 8.64. The number of thiophene rings is 2. The molecule has 0 aliphatic heterocycles. The van der Waals surface area contributed by atoms with Crippen molar-refractivity contribution in [3.8, 4) is 0 Å². The Morgan fingerprint density at radius 2 is 1.00 bits per heavy atom. The topological polar surface area (TPSA) is 74.6 Å². The summed E-state index contributed by atoms with van der Waals surface area (Å²) < 4.78 is 2.68. The fraction of sp³-hybridized carbons (Fsp3) is 0.733. The summed E-state index contributed by atoms with van der Waals surface area (Å²) in [7, 11) is 0. The van der Waals surface area contributed by atoms with Crippen molar-refractivity contribution in [3.63, 3.8) is 0 Å². The minimum atomic E-state index is -0.622. The zero-order valence-corrected chi connectivity index (χ0v) is 23.4. The second kappa shape index (κ2) is 13.9. The SMILES string of the molecule is O=C(O)C1CCCCCCCCC(c2cc3sc(C4CCCCCCCC(C(=O)O)C4)cc3s2)CC1. The Kier molecular flexibility index (Phi) is 10.7. The van der Waals surface area contributed by atoms with Crippen LogP contribution < -0.4 is 0 Å². The van der Waals surface area contributed by atoms with Crippen LogP contribution in [0.3, 0.4) is 0 Å². The molecule has 4 unspecified atom stereocenters. The summed E-state index contributed by atoms with van der Waals surface area (Å²) in [6, 6.07) is 4.74. The second-order valence-electron chi connectivity index (χ2n) is 11.3. The molecule has 4 rings (SSSR count). The van der Waals surface area contributed by atoms with Crippen molar-refractivity contribution < 1.29 is 19.8 Å². The Hall–Kier alpha value is -1.40. The van der Waals surface area contributed by atoms with Crippen LogP contribution in [0.15, 0.2) is 12.1 Å². The summed E-state index contributed by atoms with van der Waals surface area (Å²) in [4.78, 5) is 26.5. The summed E-state index contributed by atoms with van der Waals surface area (Å²) in [5.41, 5.74) is 0. The molecule has 2 aromatic rings. The molecular weight excluding hydrogens is 488 g/mol. The predicted octanol–water partition coefficient (Wildman–Crippen LogP) is 9.58. The molecule has 0 saturated heterocycles. The zero-order chi connectivity index (χ0) is 25.3. The van der Waals surface area contributed by atoms with Gasteiger partial charge in [0, 0.05) is 19.2 Å². The molecule has 0 amide bonds. The molecule has 0 spiro atoms. The average molecular weight is 533 g/mol. The van der Waals surface area contributed by atoms with Crippen LogP contribution in [0.1, 0.15) is 137 Å². The summed E-state index contributed by atoms with van der Waals surface area (Å²) in [6.07, 6.45) is 19.6. The van der Waals surface area contributed by atoms with E-state index in [1.165, 1.54) is 76.9 Å². The van der Waals surface area contributed by atoms with E-state index in [0.29, 0.717) is 11.8 Å². The van der Waals surface area contributed by atoms with Crippen molar-refractivity contribution in [3.05, 3.63) is 21.9 Å². The molecule has 2 heterocycles. The third-order valence-corrected chi connectivity index (χ3v) is 11.3. The van der Waals surface area contributed by atoms with Gasteiger partial charge in [-0.05, 0) is 68.9 Å². The average Bonchev–Trinajstić information content (AvgIpc) is 3.42. The molecule has 2 aliphatic carbocycles. The molecule has 0 bridgehead atoms. The Morgan fingerprint density at radius 1 is 0.556 bits per heavy atom. The molecule has 200 valence electrons. The highest BCUT2D eigenvalue weighted by atomic mass is 32.1. The smallest absolute Gasteiger partial charge is 0.306 e. The van der Waals surface area contributed by atoms with Crippen LogP contribution >= 0.6 is 22.7 Å². The molecule has 4 atom stereocenters. The van der Waals surface area contributed by atoms with Gasteiger partial charge in [0.15, 0.2) is 0 Å². The number of carbonyl (C=O) groups is 2. The maximum absolute atomic E-state index is 11.9. The quantitative estimate of drug-likeness (QED) is 0.411. The van der Waals surface area contributed by atoms with Crippen LogP contribution in [0, 0.1) is 11.8 Å². The first-order chi connectivity index (χ1) is 17.5. The van der Waals surface area contributed by atoms with E-state index < -0.39 is 11.9 Å². The molecule has 0 aromatic carbocycles. The van der Waals surface area contributed by atoms with Crippen LogP contribution in [0.2, 0.25) is 0 Å². The summed E-state index contributed by atoms with van der Waals surface area (Å²) in [5, 5.41) is 19.5. The lowest BCUT2D eigenvalue weighted by molar-refractivity contribution is -0.143. The Morgan fingerprint density at radius 3 is 1.56 bits per heavy atom. The largest absolute Gasteiger partial charge is 0.481 e. The van der Waals surface area contributed by atoms with E-state index in [1.807, 2.05) is 22.7 Å². The molecule has 2 aromatic heterocycles. The normalized spacial score (nSPS) is 28.1. The second-order valence-corrected chi connectivity index (χ2v) is 13.6. The summed E-state index contributed by atoms with van der Waals surface area (Å²) >= 11 is 3.79. The fourth-order valence-electron chi connectivity index (χ4n) is 6.36. The van der Waals surface area contributed by atoms with Crippen LogP contribution in [0.5, 0.6) is 0 Å². The molecule has 4 nitrogen and oxygen atoms in total. The first-order valence-corrected chi connectivity index (χ1v) is 16.1. The maximum Gasteiger partial charge on any atom is 0.306 e. The first kappa shape index (κ1) is 27.6. The number of hydrogen-bond donors (Lipinski definition) is 2. The van der Waals surface area contributed by atoms with E-state index >= 15 is 0 Å². The minimum absolute atomic E-state index is 0.200. The molecular formula is C30H44O4S2. The zero-order valence-electron chi connectivity index (χ0n) is 21.7. The van der Waals surface area contributed by atoms with Crippen LogP contribution in [0.25, 0.3) is 9.40 Å². The summed E-state index contributed by atoms with van der Waals surface area (Å²) in [6.45, 7) is 0. The van der Waals surface area contributed by atoms with Crippen molar-refractivity contribution in [1.82, 2.24) is 0 Å². The van der Waals surface area contributed by atoms with Crippen molar-refractivity contribution in [2.24, 2.45) is 11.8 Å². The molecule has 2 aliphatic rings.